The molecule has 0 spiro atoms. The van der Waals surface area contributed by atoms with Crippen LogP contribution in [-0.4, -0.2) is 66.1 Å². The number of aliphatic hydroxyl groups excluding tert-OH is 1. The highest BCUT2D eigenvalue weighted by atomic mass is 16.3. The molecular weight excluding hydrogens is 264 g/mol. The molecule has 1 saturated heterocycles. The van der Waals surface area contributed by atoms with Gasteiger partial charge in [-0.2, -0.15) is 0 Å². The van der Waals surface area contributed by atoms with Gasteiger partial charge in [-0.05, 0) is 19.4 Å². The van der Waals surface area contributed by atoms with Crippen LogP contribution in [0.15, 0.2) is 30.3 Å². The van der Waals surface area contributed by atoms with Gasteiger partial charge in [0.05, 0.1) is 12.6 Å². The van der Waals surface area contributed by atoms with Crippen molar-refractivity contribution in [2.75, 3.05) is 39.3 Å². The number of hydrogen-bond acceptors (Lipinski definition) is 4. The number of hydrogen-bond donors (Lipinski definition) is 1. The first-order valence-corrected chi connectivity index (χ1v) is 7.92. The van der Waals surface area contributed by atoms with Gasteiger partial charge < -0.3 is 5.11 Å². The number of ketones is 1. The van der Waals surface area contributed by atoms with E-state index in [0.29, 0.717) is 0 Å². The zero-order valence-corrected chi connectivity index (χ0v) is 12.9. The average Bonchev–Trinajstić information content (AvgIpc) is 2.75. The van der Waals surface area contributed by atoms with Gasteiger partial charge in [0.1, 0.15) is 0 Å². The van der Waals surface area contributed by atoms with Gasteiger partial charge in [-0.1, -0.05) is 37.3 Å². The fourth-order valence-corrected chi connectivity index (χ4v) is 3.07. The lowest BCUT2D eigenvalue weighted by Gasteiger charge is -2.29. The van der Waals surface area contributed by atoms with Crippen molar-refractivity contribution in [3.05, 3.63) is 35.9 Å². The third-order valence-electron chi connectivity index (χ3n) is 4.23. The molecule has 4 nitrogen and oxygen atoms in total. The molecule has 1 aliphatic heterocycles. The summed E-state index contributed by atoms with van der Waals surface area (Å²) in [6.45, 7) is 6.82. The predicted octanol–water partition coefficient (Wildman–Crippen LogP) is 1.65. The maximum atomic E-state index is 12.7. The molecule has 1 aliphatic rings. The minimum absolute atomic E-state index is 0.0264. The standard InChI is InChI=1S/C17H26N2O2/c1-2-16(17(21)15-7-4-3-5-8-15)19-10-6-9-18(11-12-19)13-14-20/h3-5,7-8,16,20H,2,6,9-14H2,1H3. The monoisotopic (exact) mass is 290 g/mol. The average molecular weight is 290 g/mol. The highest BCUT2D eigenvalue weighted by Gasteiger charge is 2.26. The minimum Gasteiger partial charge on any atom is -0.395 e. The van der Waals surface area contributed by atoms with E-state index in [0.717, 1.165) is 51.1 Å². The van der Waals surface area contributed by atoms with Crippen LogP contribution < -0.4 is 0 Å². The number of Topliss-reactive ketones (excluding diaryl/α,β-unsaturated/α-hetero) is 1. The Morgan fingerprint density at radius 2 is 1.95 bits per heavy atom. The molecule has 1 unspecified atom stereocenters. The Morgan fingerprint density at radius 3 is 2.62 bits per heavy atom. The first-order valence-electron chi connectivity index (χ1n) is 7.92. The summed E-state index contributed by atoms with van der Waals surface area (Å²) in [5.41, 5.74) is 0.806. The molecule has 1 aromatic rings. The van der Waals surface area contributed by atoms with Crippen LogP contribution in [0.25, 0.3) is 0 Å². The molecule has 0 radical (unpaired) electrons. The minimum atomic E-state index is -0.0264. The van der Waals surface area contributed by atoms with Crippen molar-refractivity contribution in [2.45, 2.75) is 25.8 Å². The summed E-state index contributed by atoms with van der Waals surface area (Å²) in [6, 6.07) is 9.57. The second-order valence-electron chi connectivity index (χ2n) is 5.61. The van der Waals surface area contributed by atoms with Gasteiger partial charge >= 0.3 is 0 Å². The van der Waals surface area contributed by atoms with E-state index in [-0.39, 0.29) is 18.4 Å². The van der Waals surface area contributed by atoms with Crippen molar-refractivity contribution in [3.63, 3.8) is 0 Å². The molecule has 1 fully saturated rings. The molecule has 0 amide bonds. The molecule has 2 rings (SSSR count). The smallest absolute Gasteiger partial charge is 0.179 e. The topological polar surface area (TPSA) is 43.8 Å². The Bertz CT molecular complexity index is 436. The van der Waals surface area contributed by atoms with Crippen LogP contribution in [0.4, 0.5) is 0 Å². The summed E-state index contributed by atoms with van der Waals surface area (Å²) >= 11 is 0. The van der Waals surface area contributed by atoms with Crippen molar-refractivity contribution < 1.29 is 9.90 Å². The lowest BCUT2D eigenvalue weighted by atomic mass is 10.0. The molecule has 21 heavy (non-hydrogen) atoms. The number of rotatable bonds is 6. The zero-order chi connectivity index (χ0) is 15.1. The van der Waals surface area contributed by atoms with Gasteiger partial charge in [0.25, 0.3) is 0 Å². The van der Waals surface area contributed by atoms with Crippen LogP contribution in [-0.2, 0) is 0 Å². The molecule has 1 atom stereocenters. The molecule has 4 heteroatoms. The number of nitrogens with zero attached hydrogens (tertiary/aromatic N) is 2. The highest BCUT2D eigenvalue weighted by molar-refractivity contribution is 6.00. The van der Waals surface area contributed by atoms with Crippen LogP contribution in [0.5, 0.6) is 0 Å². The van der Waals surface area contributed by atoms with Crippen LogP contribution in [0, 0.1) is 0 Å². The van der Waals surface area contributed by atoms with E-state index < -0.39 is 0 Å². The molecule has 0 bridgehead atoms. The maximum Gasteiger partial charge on any atom is 0.179 e. The first kappa shape index (κ1) is 16.1. The Hall–Kier alpha value is -1.23. The fourth-order valence-electron chi connectivity index (χ4n) is 3.07. The largest absolute Gasteiger partial charge is 0.395 e. The summed E-state index contributed by atoms with van der Waals surface area (Å²) in [5.74, 6) is 0.230. The number of carbonyl (C=O) groups is 1. The van der Waals surface area contributed by atoms with E-state index in [1.807, 2.05) is 30.3 Å². The second kappa shape index (κ2) is 8.27. The Labute approximate surface area is 127 Å². The van der Waals surface area contributed by atoms with Gasteiger partial charge in [-0.15, -0.1) is 0 Å². The number of benzene rings is 1. The summed E-state index contributed by atoms with van der Waals surface area (Å²) in [4.78, 5) is 17.3. The Kier molecular flexibility index (Phi) is 6.36. The third-order valence-corrected chi connectivity index (χ3v) is 4.23. The van der Waals surface area contributed by atoms with E-state index in [1.54, 1.807) is 0 Å². The Morgan fingerprint density at radius 1 is 1.19 bits per heavy atom. The van der Waals surface area contributed by atoms with Gasteiger partial charge in [0, 0.05) is 31.7 Å². The van der Waals surface area contributed by atoms with Crippen molar-refractivity contribution in [3.8, 4) is 0 Å². The van der Waals surface area contributed by atoms with Crippen molar-refractivity contribution >= 4 is 5.78 Å². The van der Waals surface area contributed by atoms with E-state index in [1.165, 1.54) is 0 Å². The lowest BCUT2D eigenvalue weighted by molar-refractivity contribution is 0.0814. The van der Waals surface area contributed by atoms with E-state index in [2.05, 4.69) is 16.7 Å². The molecule has 0 aromatic heterocycles. The number of β-amino-alcohol motifs (C(OH)–C–C–N with tert-alkyl or cyclic N) is 1. The van der Waals surface area contributed by atoms with Gasteiger partial charge in [0.15, 0.2) is 5.78 Å². The predicted molar refractivity (Wildman–Crippen MR) is 84.6 cm³/mol. The first-order chi connectivity index (χ1) is 10.3. The molecule has 1 aromatic carbocycles. The molecule has 0 aliphatic carbocycles. The van der Waals surface area contributed by atoms with Gasteiger partial charge in [0.2, 0.25) is 0 Å². The van der Waals surface area contributed by atoms with Crippen molar-refractivity contribution in [1.29, 1.82) is 0 Å². The van der Waals surface area contributed by atoms with Crippen LogP contribution in [0.3, 0.4) is 0 Å². The van der Waals surface area contributed by atoms with E-state index in [9.17, 15) is 4.79 Å². The molecule has 116 valence electrons. The number of aliphatic hydroxyl groups is 1. The fraction of sp³-hybridized carbons (Fsp3) is 0.588. The van der Waals surface area contributed by atoms with Gasteiger partial charge in [-0.25, -0.2) is 0 Å². The van der Waals surface area contributed by atoms with E-state index >= 15 is 0 Å². The molecule has 1 heterocycles. The highest BCUT2D eigenvalue weighted by Crippen LogP contribution is 2.15. The third kappa shape index (κ3) is 4.37. The summed E-state index contributed by atoms with van der Waals surface area (Å²) in [5, 5.41) is 9.06. The Balaban J connectivity index is 2.02. The normalized spacial score (nSPS) is 19.1. The number of carbonyl (C=O) groups excluding carboxylic acids is 1. The van der Waals surface area contributed by atoms with Crippen molar-refractivity contribution in [1.82, 2.24) is 9.80 Å². The van der Waals surface area contributed by atoms with Crippen LogP contribution in [0.2, 0.25) is 0 Å². The summed E-state index contributed by atoms with van der Waals surface area (Å²) in [6.07, 6.45) is 1.90. The van der Waals surface area contributed by atoms with Crippen LogP contribution >= 0.6 is 0 Å². The SMILES string of the molecule is CCC(C(=O)c1ccccc1)N1CCCN(CCO)CC1. The molecule has 1 N–H and O–H groups in total. The van der Waals surface area contributed by atoms with Gasteiger partial charge in [-0.3, -0.25) is 14.6 Å². The van der Waals surface area contributed by atoms with Crippen molar-refractivity contribution in [2.24, 2.45) is 0 Å². The lowest BCUT2D eigenvalue weighted by Crippen LogP contribution is -2.43. The summed E-state index contributed by atoms with van der Waals surface area (Å²) < 4.78 is 0. The quantitative estimate of drug-likeness (QED) is 0.809. The zero-order valence-electron chi connectivity index (χ0n) is 12.9. The van der Waals surface area contributed by atoms with E-state index in [4.69, 9.17) is 5.11 Å². The molecule has 0 saturated carbocycles. The summed E-state index contributed by atoms with van der Waals surface area (Å²) in [7, 11) is 0. The molecular formula is C17H26N2O2. The maximum absolute atomic E-state index is 12.7. The second-order valence-corrected chi connectivity index (χ2v) is 5.61. The van der Waals surface area contributed by atoms with Crippen LogP contribution in [0.1, 0.15) is 30.1 Å².